The molecule has 0 saturated heterocycles. The molecule has 5 heteroatoms. The molecule has 0 aliphatic heterocycles. The van der Waals surface area contributed by atoms with Gasteiger partial charge in [0.2, 0.25) is 5.91 Å². The van der Waals surface area contributed by atoms with Crippen molar-refractivity contribution in [3.8, 4) is 0 Å². The number of carbonyl (C=O) groups excluding carboxylic acids is 1. The van der Waals surface area contributed by atoms with Crippen molar-refractivity contribution in [3.63, 3.8) is 0 Å². The van der Waals surface area contributed by atoms with Crippen LogP contribution in [-0.2, 0) is 4.79 Å². The number of imidazole rings is 1. The predicted molar refractivity (Wildman–Crippen MR) is 76.0 cm³/mol. The number of amides is 1. The lowest BCUT2D eigenvalue weighted by Crippen LogP contribution is -2.34. The van der Waals surface area contributed by atoms with Gasteiger partial charge in [0.15, 0.2) is 11.0 Å². The van der Waals surface area contributed by atoms with Gasteiger partial charge in [0.1, 0.15) is 0 Å². The second-order valence-corrected chi connectivity index (χ2v) is 5.95. The Morgan fingerprint density at radius 1 is 1.37 bits per heavy atom. The highest BCUT2D eigenvalue weighted by Crippen LogP contribution is 2.18. The molecule has 4 nitrogen and oxygen atoms in total. The van der Waals surface area contributed by atoms with Crippen molar-refractivity contribution in [1.82, 2.24) is 10.3 Å². The second-order valence-electron chi connectivity index (χ2n) is 4.96. The molecule has 1 saturated carbocycles. The summed E-state index contributed by atoms with van der Waals surface area (Å²) in [5.41, 5.74) is 2.14. The fraction of sp³-hybridized carbons (Fsp3) is 0.429. The van der Waals surface area contributed by atoms with Crippen LogP contribution in [0.1, 0.15) is 25.7 Å². The van der Waals surface area contributed by atoms with Crippen LogP contribution in [0.5, 0.6) is 0 Å². The minimum atomic E-state index is 0.129. The summed E-state index contributed by atoms with van der Waals surface area (Å²) in [5.74, 6) is 0.587. The van der Waals surface area contributed by atoms with Crippen LogP contribution in [0.25, 0.3) is 11.0 Å². The van der Waals surface area contributed by atoms with E-state index in [9.17, 15) is 4.79 Å². The van der Waals surface area contributed by atoms with Gasteiger partial charge in [-0.3, -0.25) is 4.79 Å². The SMILES string of the molecule is O=C(CSc1[nH]c2ccccc2[nH+]1)NC1CCCC1. The van der Waals surface area contributed by atoms with Gasteiger partial charge in [-0.1, -0.05) is 25.0 Å². The van der Waals surface area contributed by atoms with Crippen LogP contribution in [-0.4, -0.2) is 22.7 Å². The average Bonchev–Trinajstić information content (AvgIpc) is 3.04. The largest absolute Gasteiger partial charge is 0.353 e. The lowest BCUT2D eigenvalue weighted by atomic mass is 10.2. The number of benzene rings is 1. The van der Waals surface area contributed by atoms with Crippen LogP contribution < -0.4 is 10.3 Å². The number of thioether (sulfide) groups is 1. The fourth-order valence-electron chi connectivity index (χ4n) is 2.53. The van der Waals surface area contributed by atoms with Gasteiger partial charge in [-0.25, -0.2) is 9.97 Å². The Morgan fingerprint density at radius 2 is 2.16 bits per heavy atom. The summed E-state index contributed by atoms with van der Waals surface area (Å²) in [4.78, 5) is 18.4. The molecule has 19 heavy (non-hydrogen) atoms. The number of carbonyl (C=O) groups is 1. The van der Waals surface area contributed by atoms with Gasteiger partial charge >= 0.3 is 5.16 Å². The Morgan fingerprint density at radius 3 is 2.95 bits per heavy atom. The summed E-state index contributed by atoms with van der Waals surface area (Å²) >= 11 is 1.51. The first kappa shape index (κ1) is 12.5. The van der Waals surface area contributed by atoms with Crippen LogP contribution in [0.3, 0.4) is 0 Å². The summed E-state index contributed by atoms with van der Waals surface area (Å²) in [6.07, 6.45) is 4.76. The normalized spacial score (nSPS) is 16.0. The third-order valence-electron chi connectivity index (χ3n) is 3.49. The lowest BCUT2D eigenvalue weighted by molar-refractivity contribution is -0.396. The Bertz CT molecular complexity index is 542. The second kappa shape index (κ2) is 5.65. The zero-order valence-electron chi connectivity index (χ0n) is 10.7. The molecular weight excluding hydrogens is 258 g/mol. The molecule has 0 radical (unpaired) electrons. The van der Waals surface area contributed by atoms with E-state index in [0.717, 1.165) is 29.0 Å². The lowest BCUT2D eigenvalue weighted by Gasteiger charge is -2.10. The minimum Gasteiger partial charge on any atom is -0.353 e. The average molecular weight is 276 g/mol. The first-order chi connectivity index (χ1) is 9.31. The molecule has 1 aromatic carbocycles. The fourth-order valence-corrected chi connectivity index (χ4v) is 3.25. The number of nitrogens with one attached hydrogen (secondary N) is 3. The third kappa shape index (κ3) is 3.10. The molecule has 1 aliphatic carbocycles. The Labute approximate surface area is 116 Å². The van der Waals surface area contributed by atoms with Gasteiger partial charge in [-0.15, -0.1) is 0 Å². The Balaban J connectivity index is 1.54. The van der Waals surface area contributed by atoms with Crippen molar-refractivity contribution in [2.24, 2.45) is 0 Å². The van der Waals surface area contributed by atoms with E-state index in [1.54, 1.807) is 0 Å². The number of aromatic amines is 2. The minimum absolute atomic E-state index is 0.129. The zero-order valence-corrected chi connectivity index (χ0v) is 11.6. The molecular formula is C14H18N3OS+. The van der Waals surface area contributed by atoms with Gasteiger partial charge in [0.25, 0.3) is 0 Å². The number of rotatable bonds is 4. The van der Waals surface area contributed by atoms with E-state index in [1.807, 2.05) is 24.3 Å². The van der Waals surface area contributed by atoms with Crippen LogP contribution in [0.4, 0.5) is 0 Å². The number of hydrogen-bond donors (Lipinski definition) is 2. The number of para-hydroxylation sites is 2. The molecule has 2 aromatic rings. The first-order valence-corrected chi connectivity index (χ1v) is 7.72. The van der Waals surface area contributed by atoms with Gasteiger partial charge in [0.05, 0.1) is 5.75 Å². The number of H-pyrrole nitrogens is 2. The predicted octanol–water partition coefficient (Wildman–Crippen LogP) is 2.13. The Hall–Kier alpha value is -1.49. The van der Waals surface area contributed by atoms with Crippen LogP contribution in [0, 0.1) is 0 Å². The van der Waals surface area contributed by atoms with E-state index in [1.165, 1.54) is 24.6 Å². The molecule has 0 atom stereocenters. The van der Waals surface area contributed by atoms with Gasteiger partial charge in [-0.05, 0) is 36.7 Å². The van der Waals surface area contributed by atoms with E-state index in [2.05, 4.69) is 15.3 Å². The number of hydrogen-bond acceptors (Lipinski definition) is 2. The Kier molecular flexibility index (Phi) is 3.73. The zero-order chi connectivity index (χ0) is 13.1. The molecule has 1 fully saturated rings. The molecule has 1 aliphatic rings. The molecule has 1 amide bonds. The smallest absolute Gasteiger partial charge is 0.315 e. The van der Waals surface area contributed by atoms with Crippen molar-refractivity contribution in [2.75, 3.05) is 5.75 Å². The molecule has 0 unspecified atom stereocenters. The van der Waals surface area contributed by atoms with E-state index >= 15 is 0 Å². The molecule has 100 valence electrons. The van der Waals surface area contributed by atoms with Gasteiger partial charge < -0.3 is 5.32 Å². The molecule has 1 aromatic heterocycles. The number of fused-ring (bicyclic) bond motifs is 1. The highest BCUT2D eigenvalue weighted by molar-refractivity contribution is 7.99. The van der Waals surface area contributed by atoms with Crippen molar-refractivity contribution in [1.29, 1.82) is 0 Å². The van der Waals surface area contributed by atoms with Crippen LogP contribution in [0.15, 0.2) is 29.4 Å². The summed E-state index contributed by atoms with van der Waals surface area (Å²) in [7, 11) is 0. The standard InChI is InChI=1S/C14H17N3OS/c18-13(15-10-5-1-2-6-10)9-19-14-16-11-7-3-4-8-12(11)17-14/h3-4,7-8,10H,1-2,5-6,9H2,(H,15,18)(H,16,17)/p+1. The van der Waals surface area contributed by atoms with Gasteiger partial charge in [-0.2, -0.15) is 0 Å². The maximum Gasteiger partial charge on any atom is 0.315 e. The third-order valence-corrected chi connectivity index (χ3v) is 4.39. The van der Waals surface area contributed by atoms with Crippen LogP contribution >= 0.6 is 11.8 Å². The van der Waals surface area contributed by atoms with Crippen molar-refractivity contribution >= 4 is 28.7 Å². The topological polar surface area (TPSA) is 59.0 Å². The summed E-state index contributed by atoms with van der Waals surface area (Å²) in [5, 5.41) is 4.03. The highest BCUT2D eigenvalue weighted by atomic mass is 32.2. The van der Waals surface area contributed by atoms with E-state index in [4.69, 9.17) is 0 Å². The monoisotopic (exact) mass is 276 g/mol. The molecule has 0 spiro atoms. The molecule has 3 rings (SSSR count). The van der Waals surface area contributed by atoms with Crippen molar-refractivity contribution in [2.45, 2.75) is 36.9 Å². The van der Waals surface area contributed by atoms with Crippen molar-refractivity contribution in [3.05, 3.63) is 24.3 Å². The maximum absolute atomic E-state index is 11.8. The highest BCUT2D eigenvalue weighted by Gasteiger charge is 2.18. The van der Waals surface area contributed by atoms with E-state index in [-0.39, 0.29) is 5.91 Å². The summed E-state index contributed by atoms with van der Waals surface area (Å²) in [6, 6.07) is 8.44. The van der Waals surface area contributed by atoms with Crippen molar-refractivity contribution < 1.29 is 9.78 Å². The van der Waals surface area contributed by atoms with E-state index < -0.39 is 0 Å². The molecule has 0 bridgehead atoms. The molecule has 3 N–H and O–H groups in total. The first-order valence-electron chi connectivity index (χ1n) is 6.73. The van der Waals surface area contributed by atoms with Crippen LogP contribution in [0.2, 0.25) is 0 Å². The van der Waals surface area contributed by atoms with Gasteiger partial charge in [0, 0.05) is 6.04 Å². The van der Waals surface area contributed by atoms with E-state index in [0.29, 0.717) is 11.8 Å². The number of aromatic nitrogens is 2. The molecule has 1 heterocycles. The summed E-state index contributed by atoms with van der Waals surface area (Å²) < 4.78 is 0. The quantitative estimate of drug-likeness (QED) is 0.840. The maximum atomic E-state index is 11.8. The summed E-state index contributed by atoms with van der Waals surface area (Å²) in [6.45, 7) is 0.